The van der Waals surface area contributed by atoms with Crippen molar-refractivity contribution in [1.82, 2.24) is 5.32 Å². The van der Waals surface area contributed by atoms with Crippen LogP contribution in [0.4, 0.5) is 5.69 Å². The molecule has 3 N–H and O–H groups in total. The third kappa shape index (κ3) is 6.57. The van der Waals surface area contributed by atoms with Gasteiger partial charge in [-0.3, -0.25) is 19.2 Å². The molecule has 0 aliphatic heterocycles. The predicted molar refractivity (Wildman–Crippen MR) is 109 cm³/mol. The highest BCUT2D eigenvalue weighted by atomic mass is 16.4. The molecule has 0 saturated carbocycles. The monoisotopic (exact) mass is 396 g/mol. The van der Waals surface area contributed by atoms with Crippen LogP contribution in [0.1, 0.15) is 53.0 Å². The van der Waals surface area contributed by atoms with E-state index in [1.54, 1.807) is 24.3 Å². The van der Waals surface area contributed by atoms with Crippen molar-refractivity contribution < 1.29 is 24.3 Å². The molecule has 0 bridgehead atoms. The second kappa shape index (κ2) is 10.2. The second-order valence-corrected chi connectivity index (χ2v) is 6.63. The van der Waals surface area contributed by atoms with Crippen molar-refractivity contribution in [2.45, 2.75) is 39.2 Å². The Balaban J connectivity index is 1.84. The molecule has 0 aliphatic carbocycles. The highest BCUT2D eigenvalue weighted by molar-refractivity contribution is 6.00. The van der Waals surface area contributed by atoms with E-state index in [0.717, 1.165) is 12.0 Å². The van der Waals surface area contributed by atoms with Gasteiger partial charge in [-0.1, -0.05) is 31.2 Å². The molecule has 0 fully saturated rings. The van der Waals surface area contributed by atoms with E-state index in [4.69, 9.17) is 5.11 Å². The zero-order valence-electron chi connectivity index (χ0n) is 16.4. The molecule has 1 atom stereocenters. The van der Waals surface area contributed by atoms with Crippen molar-refractivity contribution in [3.05, 3.63) is 65.2 Å². The molecular formula is C22H24N2O5. The summed E-state index contributed by atoms with van der Waals surface area (Å²) in [6.07, 6.45) is 1.05. The molecule has 0 radical (unpaired) electrons. The van der Waals surface area contributed by atoms with Gasteiger partial charge in [0.25, 0.3) is 5.91 Å². The summed E-state index contributed by atoms with van der Waals surface area (Å²) in [5.74, 6) is -2.04. The number of anilines is 1. The minimum absolute atomic E-state index is 0.0483. The number of rotatable bonds is 9. The van der Waals surface area contributed by atoms with E-state index in [9.17, 15) is 19.2 Å². The quantitative estimate of drug-likeness (QED) is 0.564. The van der Waals surface area contributed by atoms with Crippen molar-refractivity contribution in [3.63, 3.8) is 0 Å². The predicted octanol–water partition coefficient (Wildman–Crippen LogP) is 3.05. The number of aliphatic carboxylic acids is 1. The number of hydrogen-bond acceptors (Lipinski definition) is 4. The van der Waals surface area contributed by atoms with E-state index < -0.39 is 17.9 Å². The van der Waals surface area contributed by atoms with Gasteiger partial charge in [0.15, 0.2) is 5.78 Å². The van der Waals surface area contributed by atoms with E-state index in [0.29, 0.717) is 11.3 Å². The highest BCUT2D eigenvalue weighted by Gasteiger charge is 2.15. The van der Waals surface area contributed by atoms with Crippen molar-refractivity contribution in [3.8, 4) is 0 Å². The lowest BCUT2D eigenvalue weighted by Crippen LogP contribution is -2.38. The molecule has 2 rings (SSSR count). The molecule has 2 aromatic carbocycles. The lowest BCUT2D eigenvalue weighted by Gasteiger charge is -2.10. The normalized spacial score (nSPS) is 11.4. The largest absolute Gasteiger partial charge is 0.480 e. The van der Waals surface area contributed by atoms with Crippen LogP contribution in [0.2, 0.25) is 0 Å². The number of carbonyl (C=O) groups is 4. The summed E-state index contributed by atoms with van der Waals surface area (Å²) in [4.78, 5) is 47.0. The van der Waals surface area contributed by atoms with Crippen molar-refractivity contribution in [1.29, 1.82) is 0 Å². The average molecular weight is 396 g/mol. The lowest BCUT2D eigenvalue weighted by atomic mass is 10.0. The Kier molecular flexibility index (Phi) is 7.65. The Morgan fingerprint density at radius 3 is 2.03 bits per heavy atom. The Hall–Kier alpha value is -3.48. The zero-order valence-corrected chi connectivity index (χ0v) is 16.4. The van der Waals surface area contributed by atoms with E-state index in [-0.39, 0.29) is 30.1 Å². The van der Waals surface area contributed by atoms with Gasteiger partial charge >= 0.3 is 5.97 Å². The first kappa shape index (κ1) is 21.8. The van der Waals surface area contributed by atoms with E-state index >= 15 is 0 Å². The SMILES string of the molecule is CCc1ccc(C(=O)CCC(=O)Nc2ccc(C(=O)NC(C)C(=O)O)cc2)cc1. The van der Waals surface area contributed by atoms with Crippen LogP contribution in [0.15, 0.2) is 48.5 Å². The van der Waals surface area contributed by atoms with Crippen LogP contribution >= 0.6 is 0 Å². The van der Waals surface area contributed by atoms with Gasteiger partial charge in [0, 0.05) is 29.7 Å². The van der Waals surface area contributed by atoms with Gasteiger partial charge in [-0.05, 0) is 43.2 Å². The maximum Gasteiger partial charge on any atom is 0.325 e. The van der Waals surface area contributed by atoms with Gasteiger partial charge in [-0.2, -0.15) is 0 Å². The van der Waals surface area contributed by atoms with Crippen LogP contribution in [-0.2, 0) is 16.0 Å². The van der Waals surface area contributed by atoms with Crippen LogP contribution < -0.4 is 10.6 Å². The minimum Gasteiger partial charge on any atom is -0.480 e. The molecule has 7 nitrogen and oxygen atoms in total. The minimum atomic E-state index is -1.13. The topological polar surface area (TPSA) is 113 Å². The number of benzene rings is 2. The van der Waals surface area contributed by atoms with Gasteiger partial charge in [-0.25, -0.2) is 0 Å². The molecule has 1 unspecified atom stereocenters. The molecule has 2 aromatic rings. The number of carboxylic acid groups (broad SMARTS) is 1. The van der Waals surface area contributed by atoms with Crippen LogP contribution in [-0.4, -0.2) is 34.7 Å². The Bertz CT molecular complexity index is 888. The van der Waals surface area contributed by atoms with Crippen LogP contribution in [0.3, 0.4) is 0 Å². The molecule has 0 aliphatic rings. The standard InChI is InChI=1S/C22H24N2O5/c1-3-15-4-6-16(7-5-15)19(25)12-13-20(26)24-18-10-8-17(9-11-18)21(27)23-14(2)22(28)29/h4-11,14H,3,12-13H2,1-2H3,(H,23,27)(H,24,26)(H,28,29). The highest BCUT2D eigenvalue weighted by Crippen LogP contribution is 2.12. The smallest absolute Gasteiger partial charge is 0.325 e. The number of amides is 2. The molecule has 7 heteroatoms. The number of carboxylic acids is 1. The number of Topliss-reactive ketones (excluding diaryl/α,β-unsaturated/α-hetero) is 1. The first-order chi connectivity index (χ1) is 13.8. The maximum absolute atomic E-state index is 12.2. The number of ketones is 1. The molecule has 152 valence electrons. The summed E-state index contributed by atoms with van der Waals surface area (Å²) in [5.41, 5.74) is 2.49. The lowest BCUT2D eigenvalue weighted by molar-refractivity contribution is -0.138. The first-order valence-electron chi connectivity index (χ1n) is 9.36. The summed E-state index contributed by atoms with van der Waals surface area (Å²) >= 11 is 0. The van der Waals surface area contributed by atoms with Gasteiger partial charge in [0.2, 0.25) is 5.91 Å². The van der Waals surface area contributed by atoms with Crippen molar-refractivity contribution in [2.75, 3.05) is 5.32 Å². The van der Waals surface area contributed by atoms with Gasteiger partial charge in [0.1, 0.15) is 6.04 Å². The molecule has 0 heterocycles. The van der Waals surface area contributed by atoms with Gasteiger partial charge < -0.3 is 15.7 Å². The number of aryl methyl sites for hydroxylation is 1. The maximum atomic E-state index is 12.2. The molecular weight excluding hydrogens is 372 g/mol. The molecule has 0 aromatic heterocycles. The summed E-state index contributed by atoms with van der Waals surface area (Å²) in [7, 11) is 0. The van der Waals surface area contributed by atoms with E-state index in [2.05, 4.69) is 10.6 Å². The van der Waals surface area contributed by atoms with Crippen molar-refractivity contribution in [2.24, 2.45) is 0 Å². The number of carbonyl (C=O) groups excluding carboxylic acids is 3. The van der Waals surface area contributed by atoms with E-state index in [1.807, 2.05) is 19.1 Å². The molecule has 0 saturated heterocycles. The molecule has 29 heavy (non-hydrogen) atoms. The third-order valence-electron chi connectivity index (χ3n) is 4.41. The summed E-state index contributed by atoms with van der Waals surface area (Å²) in [5, 5.41) is 13.8. The summed E-state index contributed by atoms with van der Waals surface area (Å²) < 4.78 is 0. The molecule has 0 spiro atoms. The molecule has 2 amide bonds. The Morgan fingerprint density at radius 1 is 0.897 bits per heavy atom. The third-order valence-corrected chi connectivity index (χ3v) is 4.41. The van der Waals surface area contributed by atoms with Crippen LogP contribution in [0, 0.1) is 0 Å². The summed E-state index contributed by atoms with van der Waals surface area (Å²) in [6.45, 7) is 3.41. The van der Waals surface area contributed by atoms with E-state index in [1.165, 1.54) is 19.1 Å². The fourth-order valence-electron chi connectivity index (χ4n) is 2.57. The number of hydrogen-bond donors (Lipinski definition) is 3. The first-order valence-corrected chi connectivity index (χ1v) is 9.36. The fraction of sp³-hybridized carbons (Fsp3) is 0.273. The van der Waals surface area contributed by atoms with Crippen molar-refractivity contribution >= 4 is 29.3 Å². The number of nitrogens with one attached hydrogen (secondary N) is 2. The average Bonchev–Trinajstić information content (AvgIpc) is 2.72. The van der Waals surface area contributed by atoms with Gasteiger partial charge in [-0.15, -0.1) is 0 Å². The van der Waals surface area contributed by atoms with Crippen LogP contribution in [0.25, 0.3) is 0 Å². The fourth-order valence-corrected chi connectivity index (χ4v) is 2.57. The second-order valence-electron chi connectivity index (χ2n) is 6.63. The zero-order chi connectivity index (χ0) is 21.4. The summed E-state index contributed by atoms with van der Waals surface area (Å²) in [6, 6.07) is 12.4. The Labute approximate surface area is 169 Å². The van der Waals surface area contributed by atoms with Gasteiger partial charge in [0.05, 0.1) is 0 Å². The van der Waals surface area contributed by atoms with Crippen LogP contribution in [0.5, 0.6) is 0 Å². The Morgan fingerprint density at radius 2 is 1.48 bits per heavy atom.